The maximum atomic E-state index is 12.4. The number of nitrogens with one attached hydrogen (secondary N) is 1. The molecule has 0 saturated carbocycles. The van der Waals surface area contributed by atoms with Gasteiger partial charge in [-0.1, -0.05) is 0 Å². The highest BCUT2D eigenvalue weighted by Gasteiger charge is 2.23. The molecule has 24 heavy (non-hydrogen) atoms. The lowest BCUT2D eigenvalue weighted by Crippen LogP contribution is -2.37. The van der Waals surface area contributed by atoms with Crippen LogP contribution in [0, 0.1) is 6.92 Å². The van der Waals surface area contributed by atoms with Gasteiger partial charge in [0.1, 0.15) is 5.82 Å². The van der Waals surface area contributed by atoms with Crippen LogP contribution in [0.3, 0.4) is 0 Å². The molecule has 0 spiro atoms. The molecule has 0 radical (unpaired) electrons. The van der Waals surface area contributed by atoms with Crippen molar-refractivity contribution in [2.75, 3.05) is 16.8 Å². The highest BCUT2D eigenvalue weighted by Crippen LogP contribution is 2.21. The molecule has 126 valence electrons. The minimum atomic E-state index is -0.174. The van der Waals surface area contributed by atoms with Gasteiger partial charge >= 0.3 is 0 Å². The maximum Gasteiger partial charge on any atom is 0.228 e. The van der Waals surface area contributed by atoms with Gasteiger partial charge in [-0.3, -0.25) is 14.5 Å². The van der Waals surface area contributed by atoms with E-state index in [1.54, 1.807) is 17.2 Å². The number of carbonyl (C=O) groups is 2. The summed E-state index contributed by atoms with van der Waals surface area (Å²) in [5, 5.41) is 7.01. The molecule has 0 saturated heterocycles. The smallest absolute Gasteiger partial charge is 0.228 e. The lowest BCUT2D eigenvalue weighted by Gasteiger charge is -2.27. The van der Waals surface area contributed by atoms with E-state index in [1.807, 2.05) is 29.8 Å². The molecule has 0 atom stereocenters. The maximum absolute atomic E-state index is 12.4. The Labute approximate surface area is 146 Å². The molecule has 0 unspecified atom stereocenters. The first kappa shape index (κ1) is 16.6. The SMILES string of the molecule is Cc1cc(S)cc(NC(=O)CCC(=O)N2CCCn3nccc32)c1. The molecular weight excluding hydrogens is 324 g/mol. The van der Waals surface area contributed by atoms with Crippen molar-refractivity contribution in [2.24, 2.45) is 0 Å². The Balaban J connectivity index is 1.56. The highest BCUT2D eigenvalue weighted by atomic mass is 32.1. The first-order chi connectivity index (χ1) is 11.5. The third-order valence-corrected chi connectivity index (χ3v) is 4.19. The van der Waals surface area contributed by atoms with Crippen molar-refractivity contribution in [1.82, 2.24) is 9.78 Å². The fraction of sp³-hybridized carbons (Fsp3) is 0.353. The van der Waals surface area contributed by atoms with Crippen molar-refractivity contribution in [2.45, 2.75) is 37.6 Å². The molecule has 0 fully saturated rings. The molecule has 1 N–H and O–H groups in total. The predicted octanol–water partition coefficient (Wildman–Crippen LogP) is 2.64. The monoisotopic (exact) mass is 344 g/mol. The van der Waals surface area contributed by atoms with Gasteiger partial charge in [0.15, 0.2) is 0 Å². The number of hydrogen-bond acceptors (Lipinski definition) is 4. The zero-order chi connectivity index (χ0) is 17.1. The van der Waals surface area contributed by atoms with Crippen LogP contribution in [0.5, 0.6) is 0 Å². The fourth-order valence-electron chi connectivity index (χ4n) is 2.89. The van der Waals surface area contributed by atoms with Crippen molar-refractivity contribution >= 4 is 35.9 Å². The number of fused-ring (bicyclic) bond motifs is 1. The third-order valence-electron chi connectivity index (χ3n) is 3.94. The Bertz CT molecular complexity index is 751. The first-order valence-electron chi connectivity index (χ1n) is 7.95. The molecule has 1 aromatic carbocycles. The Hall–Kier alpha value is -2.28. The quantitative estimate of drug-likeness (QED) is 0.838. The van der Waals surface area contributed by atoms with Crippen LogP contribution in [-0.4, -0.2) is 28.1 Å². The number of amides is 2. The van der Waals surface area contributed by atoms with E-state index in [4.69, 9.17) is 0 Å². The zero-order valence-corrected chi connectivity index (χ0v) is 14.4. The van der Waals surface area contributed by atoms with Gasteiger partial charge in [-0.05, 0) is 37.1 Å². The number of carbonyl (C=O) groups excluding carboxylic acids is 2. The number of nitrogens with zero attached hydrogens (tertiary/aromatic N) is 3. The van der Waals surface area contributed by atoms with Gasteiger partial charge in [-0.25, -0.2) is 4.68 Å². The average Bonchev–Trinajstić information content (AvgIpc) is 3.00. The Kier molecular flexibility index (Phi) is 4.89. The molecular formula is C17H20N4O2S. The summed E-state index contributed by atoms with van der Waals surface area (Å²) < 4.78 is 1.82. The Morgan fingerprint density at radius 1 is 1.25 bits per heavy atom. The fourth-order valence-corrected chi connectivity index (χ4v) is 3.23. The number of rotatable bonds is 4. The summed E-state index contributed by atoms with van der Waals surface area (Å²) in [6, 6.07) is 7.42. The first-order valence-corrected chi connectivity index (χ1v) is 8.40. The van der Waals surface area contributed by atoms with Gasteiger partial charge in [0.2, 0.25) is 11.8 Å². The van der Waals surface area contributed by atoms with Gasteiger partial charge in [0, 0.05) is 42.6 Å². The number of benzene rings is 1. The number of aromatic nitrogens is 2. The van der Waals surface area contributed by atoms with Crippen LogP contribution in [0.15, 0.2) is 35.4 Å². The summed E-state index contributed by atoms with van der Waals surface area (Å²) >= 11 is 4.30. The van der Waals surface area contributed by atoms with Crippen LogP contribution in [0.1, 0.15) is 24.8 Å². The number of aryl methyl sites for hydroxylation is 2. The number of thiol groups is 1. The van der Waals surface area contributed by atoms with Gasteiger partial charge in [-0.2, -0.15) is 5.10 Å². The summed E-state index contributed by atoms with van der Waals surface area (Å²) in [5.74, 6) is 0.586. The Morgan fingerprint density at radius 2 is 2.08 bits per heavy atom. The summed E-state index contributed by atoms with van der Waals surface area (Å²) in [6.07, 6.45) is 2.90. The molecule has 1 aliphatic rings. The number of hydrogen-bond donors (Lipinski definition) is 2. The molecule has 0 aliphatic carbocycles. The lowest BCUT2D eigenvalue weighted by atomic mass is 10.2. The predicted molar refractivity (Wildman–Crippen MR) is 95.5 cm³/mol. The van der Waals surface area contributed by atoms with E-state index >= 15 is 0 Å². The topological polar surface area (TPSA) is 67.2 Å². The molecule has 1 aromatic heterocycles. The van der Waals surface area contributed by atoms with E-state index in [-0.39, 0.29) is 24.7 Å². The van der Waals surface area contributed by atoms with Crippen molar-refractivity contribution in [3.63, 3.8) is 0 Å². The molecule has 7 heteroatoms. The van der Waals surface area contributed by atoms with E-state index in [0.717, 1.165) is 29.2 Å². The van der Waals surface area contributed by atoms with Crippen LogP contribution >= 0.6 is 12.6 Å². The van der Waals surface area contributed by atoms with E-state index in [2.05, 4.69) is 23.0 Å². The summed E-state index contributed by atoms with van der Waals surface area (Å²) in [5.41, 5.74) is 1.73. The zero-order valence-electron chi connectivity index (χ0n) is 13.5. The second-order valence-electron chi connectivity index (χ2n) is 5.92. The summed E-state index contributed by atoms with van der Waals surface area (Å²) in [4.78, 5) is 27.0. The second kappa shape index (κ2) is 7.09. The van der Waals surface area contributed by atoms with Gasteiger partial charge in [0.05, 0.1) is 6.20 Å². The van der Waals surface area contributed by atoms with E-state index in [0.29, 0.717) is 12.2 Å². The minimum absolute atomic E-state index is 0.0503. The van der Waals surface area contributed by atoms with Crippen molar-refractivity contribution < 1.29 is 9.59 Å². The van der Waals surface area contributed by atoms with Crippen LogP contribution in [0.2, 0.25) is 0 Å². The van der Waals surface area contributed by atoms with Crippen LogP contribution in [0.4, 0.5) is 11.5 Å². The van der Waals surface area contributed by atoms with Gasteiger partial charge < -0.3 is 5.32 Å². The molecule has 2 amide bonds. The highest BCUT2D eigenvalue weighted by molar-refractivity contribution is 7.80. The summed E-state index contributed by atoms with van der Waals surface area (Å²) in [7, 11) is 0. The molecule has 2 aromatic rings. The third kappa shape index (κ3) is 3.79. The molecule has 0 bridgehead atoms. The van der Waals surface area contributed by atoms with Crippen molar-refractivity contribution in [3.8, 4) is 0 Å². The second-order valence-corrected chi connectivity index (χ2v) is 6.43. The van der Waals surface area contributed by atoms with E-state index < -0.39 is 0 Å². The minimum Gasteiger partial charge on any atom is -0.326 e. The Morgan fingerprint density at radius 3 is 2.88 bits per heavy atom. The van der Waals surface area contributed by atoms with Gasteiger partial charge in [-0.15, -0.1) is 12.6 Å². The largest absolute Gasteiger partial charge is 0.326 e. The standard InChI is InChI=1S/C17H20N4O2S/c1-12-9-13(11-14(24)10-12)19-15(22)3-4-17(23)20-7-2-8-21-16(20)5-6-18-21/h5-6,9-11,24H,2-4,7-8H2,1H3,(H,19,22). The van der Waals surface area contributed by atoms with Crippen molar-refractivity contribution in [1.29, 1.82) is 0 Å². The lowest BCUT2D eigenvalue weighted by molar-refractivity contribution is -0.122. The van der Waals surface area contributed by atoms with Crippen LogP contribution in [-0.2, 0) is 16.1 Å². The van der Waals surface area contributed by atoms with Crippen molar-refractivity contribution in [3.05, 3.63) is 36.0 Å². The van der Waals surface area contributed by atoms with E-state index in [9.17, 15) is 9.59 Å². The normalized spacial score (nSPS) is 13.5. The average molecular weight is 344 g/mol. The molecule has 6 nitrogen and oxygen atoms in total. The van der Waals surface area contributed by atoms with Crippen LogP contribution < -0.4 is 10.2 Å². The van der Waals surface area contributed by atoms with Crippen LogP contribution in [0.25, 0.3) is 0 Å². The molecule has 2 heterocycles. The number of anilines is 2. The van der Waals surface area contributed by atoms with E-state index in [1.165, 1.54) is 0 Å². The summed E-state index contributed by atoms with van der Waals surface area (Å²) in [6.45, 7) is 3.44. The molecule has 1 aliphatic heterocycles. The molecule has 3 rings (SSSR count). The van der Waals surface area contributed by atoms with Gasteiger partial charge in [0.25, 0.3) is 0 Å².